The maximum atomic E-state index is 11.5. The highest BCUT2D eigenvalue weighted by Crippen LogP contribution is 2.20. The molecule has 0 bridgehead atoms. The number of carbonyl (C=O) groups excluding carboxylic acids is 2. The highest BCUT2D eigenvalue weighted by atomic mass is 32.2. The highest BCUT2D eigenvalue weighted by Gasteiger charge is 2.04. The molecule has 5 nitrogen and oxygen atoms in total. The molecular formula is C13H17NO4S. The number of nitrogens with one attached hydrogen (secondary N) is 1. The van der Waals surface area contributed by atoms with Crippen LogP contribution in [0.2, 0.25) is 0 Å². The van der Waals surface area contributed by atoms with Crippen molar-refractivity contribution in [2.75, 3.05) is 19.4 Å². The van der Waals surface area contributed by atoms with E-state index in [1.165, 1.54) is 18.9 Å². The molecule has 0 saturated carbocycles. The molecule has 1 aromatic carbocycles. The van der Waals surface area contributed by atoms with Crippen molar-refractivity contribution >= 4 is 23.6 Å². The quantitative estimate of drug-likeness (QED) is 0.451. The fourth-order valence-electron chi connectivity index (χ4n) is 1.30. The summed E-state index contributed by atoms with van der Waals surface area (Å²) in [5.41, 5.74) is 0. The van der Waals surface area contributed by atoms with Crippen molar-refractivity contribution in [3.8, 4) is 5.75 Å². The first-order valence-electron chi connectivity index (χ1n) is 5.87. The average molecular weight is 283 g/mol. The van der Waals surface area contributed by atoms with E-state index in [9.17, 15) is 9.59 Å². The maximum Gasteiger partial charge on any atom is 0.305 e. The standard InChI is InChI=1S/C13H17NO4S/c1-18-13(17)3-2-8-14-12(16)9-19-11-6-4-10(15)5-7-11/h4-7,15H,2-3,8-9H2,1H3,(H,14,16). The zero-order valence-electron chi connectivity index (χ0n) is 10.7. The Morgan fingerprint density at radius 3 is 2.63 bits per heavy atom. The van der Waals surface area contributed by atoms with Gasteiger partial charge in [0.2, 0.25) is 5.91 Å². The lowest BCUT2D eigenvalue weighted by atomic mass is 10.3. The van der Waals surface area contributed by atoms with Crippen molar-refractivity contribution in [1.82, 2.24) is 5.32 Å². The van der Waals surface area contributed by atoms with Gasteiger partial charge in [-0.2, -0.15) is 0 Å². The molecule has 0 saturated heterocycles. The van der Waals surface area contributed by atoms with E-state index in [1.54, 1.807) is 24.3 Å². The normalized spacial score (nSPS) is 9.95. The summed E-state index contributed by atoms with van der Waals surface area (Å²) in [6.07, 6.45) is 0.879. The fourth-order valence-corrected chi connectivity index (χ4v) is 2.03. The smallest absolute Gasteiger partial charge is 0.305 e. The molecule has 2 N–H and O–H groups in total. The largest absolute Gasteiger partial charge is 0.508 e. The Labute approximate surface area is 116 Å². The zero-order valence-corrected chi connectivity index (χ0v) is 11.5. The predicted octanol–water partition coefficient (Wildman–Crippen LogP) is 1.55. The van der Waals surface area contributed by atoms with Gasteiger partial charge in [0.05, 0.1) is 12.9 Å². The van der Waals surface area contributed by atoms with E-state index in [-0.39, 0.29) is 17.6 Å². The molecule has 1 amide bonds. The summed E-state index contributed by atoms with van der Waals surface area (Å²) in [5, 5.41) is 11.8. The molecule has 0 aromatic heterocycles. The van der Waals surface area contributed by atoms with Crippen LogP contribution in [0, 0.1) is 0 Å². The second-order valence-electron chi connectivity index (χ2n) is 3.81. The second kappa shape index (κ2) is 8.42. The number of methoxy groups -OCH3 is 1. The minimum absolute atomic E-state index is 0.0806. The summed E-state index contributed by atoms with van der Waals surface area (Å²) in [7, 11) is 1.34. The van der Waals surface area contributed by atoms with Gasteiger partial charge in [0, 0.05) is 17.9 Å². The van der Waals surface area contributed by atoms with Gasteiger partial charge in [-0.05, 0) is 30.7 Å². The molecule has 0 radical (unpaired) electrons. The molecule has 0 aliphatic heterocycles. The van der Waals surface area contributed by atoms with Crippen molar-refractivity contribution in [2.24, 2.45) is 0 Å². The summed E-state index contributed by atoms with van der Waals surface area (Å²) in [6.45, 7) is 0.462. The first kappa shape index (κ1) is 15.4. The van der Waals surface area contributed by atoms with Gasteiger partial charge in [-0.1, -0.05) is 0 Å². The Kier molecular flexibility index (Phi) is 6.81. The SMILES string of the molecule is COC(=O)CCCNC(=O)CSc1ccc(O)cc1. The summed E-state index contributed by atoms with van der Waals surface area (Å²) in [5.74, 6) is 0.162. The van der Waals surface area contributed by atoms with Crippen LogP contribution in [0.15, 0.2) is 29.2 Å². The van der Waals surface area contributed by atoms with Gasteiger partial charge < -0.3 is 15.2 Å². The molecule has 0 aliphatic rings. The Morgan fingerprint density at radius 2 is 2.00 bits per heavy atom. The number of amides is 1. The zero-order chi connectivity index (χ0) is 14.1. The van der Waals surface area contributed by atoms with E-state index in [2.05, 4.69) is 10.1 Å². The van der Waals surface area contributed by atoms with Crippen LogP contribution in [0.1, 0.15) is 12.8 Å². The van der Waals surface area contributed by atoms with Gasteiger partial charge in [-0.3, -0.25) is 9.59 Å². The van der Waals surface area contributed by atoms with Crippen LogP contribution in [0.25, 0.3) is 0 Å². The van der Waals surface area contributed by atoms with Gasteiger partial charge in [0.15, 0.2) is 0 Å². The molecule has 0 spiro atoms. The van der Waals surface area contributed by atoms with E-state index < -0.39 is 0 Å². The van der Waals surface area contributed by atoms with Crippen LogP contribution in [0.3, 0.4) is 0 Å². The fraction of sp³-hybridized carbons (Fsp3) is 0.385. The number of benzene rings is 1. The van der Waals surface area contributed by atoms with E-state index in [1.807, 2.05) is 0 Å². The molecule has 6 heteroatoms. The highest BCUT2D eigenvalue weighted by molar-refractivity contribution is 8.00. The minimum atomic E-state index is -0.271. The van der Waals surface area contributed by atoms with E-state index in [4.69, 9.17) is 5.11 Å². The van der Waals surface area contributed by atoms with Crippen LogP contribution < -0.4 is 5.32 Å². The summed E-state index contributed by atoms with van der Waals surface area (Å²) in [4.78, 5) is 23.3. The monoisotopic (exact) mass is 283 g/mol. The number of thioether (sulfide) groups is 1. The summed E-state index contributed by atoms with van der Waals surface area (Å²) < 4.78 is 4.50. The van der Waals surface area contributed by atoms with Crippen LogP contribution in [-0.4, -0.2) is 36.4 Å². The lowest BCUT2D eigenvalue weighted by Crippen LogP contribution is -2.26. The molecule has 0 unspecified atom stereocenters. The van der Waals surface area contributed by atoms with Crippen LogP contribution >= 0.6 is 11.8 Å². The Bertz CT molecular complexity index is 419. The van der Waals surface area contributed by atoms with Crippen molar-refractivity contribution in [3.63, 3.8) is 0 Å². The molecule has 0 aliphatic carbocycles. The molecule has 104 valence electrons. The predicted molar refractivity (Wildman–Crippen MR) is 73.1 cm³/mol. The molecule has 1 aromatic rings. The van der Waals surface area contributed by atoms with Crippen LogP contribution in [0.4, 0.5) is 0 Å². The van der Waals surface area contributed by atoms with Gasteiger partial charge in [0.25, 0.3) is 0 Å². The Balaban J connectivity index is 2.14. The topological polar surface area (TPSA) is 75.6 Å². The molecule has 0 atom stereocenters. The van der Waals surface area contributed by atoms with Gasteiger partial charge in [-0.25, -0.2) is 0 Å². The van der Waals surface area contributed by atoms with Gasteiger partial charge >= 0.3 is 5.97 Å². The van der Waals surface area contributed by atoms with Crippen molar-refractivity contribution in [2.45, 2.75) is 17.7 Å². The van der Waals surface area contributed by atoms with Gasteiger partial charge in [0.1, 0.15) is 5.75 Å². The number of phenolic OH excluding ortho intramolecular Hbond substituents is 1. The minimum Gasteiger partial charge on any atom is -0.508 e. The number of aromatic hydroxyl groups is 1. The van der Waals surface area contributed by atoms with E-state index in [0.29, 0.717) is 25.1 Å². The van der Waals surface area contributed by atoms with Crippen LogP contribution in [-0.2, 0) is 14.3 Å². The van der Waals surface area contributed by atoms with E-state index >= 15 is 0 Å². The summed E-state index contributed by atoms with van der Waals surface area (Å²) in [6, 6.07) is 6.67. The third-order valence-electron chi connectivity index (χ3n) is 2.31. The lowest BCUT2D eigenvalue weighted by Gasteiger charge is -2.05. The van der Waals surface area contributed by atoms with Gasteiger partial charge in [-0.15, -0.1) is 11.8 Å². The number of ether oxygens (including phenoxy) is 1. The lowest BCUT2D eigenvalue weighted by molar-refractivity contribution is -0.140. The van der Waals surface area contributed by atoms with Crippen molar-refractivity contribution in [3.05, 3.63) is 24.3 Å². The van der Waals surface area contributed by atoms with Crippen molar-refractivity contribution < 1.29 is 19.4 Å². The molecular weight excluding hydrogens is 266 g/mol. The first-order valence-corrected chi connectivity index (χ1v) is 6.85. The number of rotatable bonds is 7. The summed E-state index contributed by atoms with van der Waals surface area (Å²) >= 11 is 1.39. The second-order valence-corrected chi connectivity index (χ2v) is 4.86. The molecule has 19 heavy (non-hydrogen) atoms. The number of carbonyl (C=O) groups is 2. The number of hydrogen-bond donors (Lipinski definition) is 2. The van der Waals surface area contributed by atoms with Crippen LogP contribution in [0.5, 0.6) is 5.75 Å². The number of esters is 1. The Morgan fingerprint density at radius 1 is 1.32 bits per heavy atom. The average Bonchev–Trinajstić information content (AvgIpc) is 2.42. The molecule has 0 heterocycles. The maximum absolute atomic E-state index is 11.5. The first-order chi connectivity index (χ1) is 9.11. The Hall–Kier alpha value is -1.69. The number of phenols is 1. The molecule has 1 rings (SSSR count). The number of hydrogen-bond acceptors (Lipinski definition) is 5. The van der Waals surface area contributed by atoms with Crippen molar-refractivity contribution in [1.29, 1.82) is 0 Å². The molecule has 0 fully saturated rings. The third kappa shape index (κ3) is 6.71. The third-order valence-corrected chi connectivity index (χ3v) is 3.33. The van der Waals surface area contributed by atoms with E-state index in [0.717, 1.165) is 4.90 Å².